The van der Waals surface area contributed by atoms with Crippen LogP contribution in [0.15, 0.2) is 0 Å². The quantitative estimate of drug-likeness (QED) is 0.780. The van der Waals surface area contributed by atoms with Crippen molar-refractivity contribution in [2.75, 3.05) is 39.8 Å². The van der Waals surface area contributed by atoms with E-state index in [4.69, 9.17) is 0 Å². The molecule has 0 aliphatic carbocycles. The Morgan fingerprint density at radius 3 is 2.83 bits per heavy atom. The molecule has 4 heteroatoms. The van der Waals surface area contributed by atoms with Crippen molar-refractivity contribution in [3.8, 4) is 0 Å². The van der Waals surface area contributed by atoms with Gasteiger partial charge in [-0.05, 0) is 64.7 Å². The molecule has 1 atom stereocenters. The number of rotatable bonds is 4. The molecule has 0 radical (unpaired) electrons. The van der Waals surface area contributed by atoms with Gasteiger partial charge in [-0.15, -0.1) is 0 Å². The Bertz CT molecular complexity index is 289. The number of amides is 1. The van der Waals surface area contributed by atoms with Crippen molar-refractivity contribution in [1.82, 2.24) is 15.5 Å². The number of nitrogens with zero attached hydrogens (tertiary/aromatic N) is 1. The molecule has 0 spiro atoms. The van der Waals surface area contributed by atoms with E-state index in [0.717, 1.165) is 32.0 Å². The fourth-order valence-corrected chi connectivity index (χ4v) is 3.27. The van der Waals surface area contributed by atoms with Crippen LogP contribution in [-0.4, -0.2) is 50.6 Å². The van der Waals surface area contributed by atoms with Crippen molar-refractivity contribution < 1.29 is 4.79 Å². The molecular formula is C14H27N3O. The maximum atomic E-state index is 11.8. The Morgan fingerprint density at radius 2 is 2.17 bits per heavy atom. The van der Waals surface area contributed by atoms with Crippen molar-refractivity contribution in [3.63, 3.8) is 0 Å². The molecule has 2 rings (SSSR count). The van der Waals surface area contributed by atoms with Gasteiger partial charge in [-0.25, -0.2) is 0 Å². The third-order valence-electron chi connectivity index (χ3n) is 4.64. The van der Waals surface area contributed by atoms with Gasteiger partial charge in [0, 0.05) is 13.6 Å². The van der Waals surface area contributed by atoms with Crippen molar-refractivity contribution in [3.05, 3.63) is 0 Å². The van der Waals surface area contributed by atoms with Crippen LogP contribution in [0, 0.1) is 11.3 Å². The van der Waals surface area contributed by atoms with E-state index < -0.39 is 0 Å². The number of piperidine rings is 1. The third-order valence-corrected chi connectivity index (χ3v) is 4.64. The summed E-state index contributed by atoms with van der Waals surface area (Å²) in [5.41, 5.74) is -0.164. The highest BCUT2D eigenvalue weighted by Gasteiger charge is 2.39. The Kier molecular flexibility index (Phi) is 4.62. The maximum absolute atomic E-state index is 11.8. The van der Waals surface area contributed by atoms with Gasteiger partial charge in [0.2, 0.25) is 5.91 Å². The van der Waals surface area contributed by atoms with Gasteiger partial charge in [0.25, 0.3) is 0 Å². The predicted octanol–water partition coefficient (Wildman–Crippen LogP) is 0.834. The lowest BCUT2D eigenvalue weighted by Gasteiger charge is -2.26. The van der Waals surface area contributed by atoms with Crippen LogP contribution in [-0.2, 0) is 4.79 Å². The summed E-state index contributed by atoms with van der Waals surface area (Å²) in [4.78, 5) is 14.3. The van der Waals surface area contributed by atoms with Gasteiger partial charge in [0.05, 0.1) is 5.41 Å². The first-order valence-corrected chi connectivity index (χ1v) is 7.29. The second-order valence-corrected chi connectivity index (χ2v) is 6.15. The van der Waals surface area contributed by atoms with Crippen LogP contribution < -0.4 is 10.6 Å². The van der Waals surface area contributed by atoms with E-state index in [1.54, 1.807) is 7.05 Å². The SMILES string of the molecule is CNC(=O)C1(C)CCN(CCC2CCNCC2)C1. The molecule has 18 heavy (non-hydrogen) atoms. The lowest BCUT2D eigenvalue weighted by molar-refractivity contribution is -0.129. The first-order chi connectivity index (χ1) is 8.64. The Labute approximate surface area is 110 Å². The van der Waals surface area contributed by atoms with Crippen LogP contribution in [0.3, 0.4) is 0 Å². The molecule has 2 aliphatic heterocycles. The summed E-state index contributed by atoms with van der Waals surface area (Å²) in [6, 6.07) is 0. The minimum absolute atomic E-state index is 0.164. The lowest BCUT2D eigenvalue weighted by Crippen LogP contribution is -2.39. The molecular weight excluding hydrogens is 226 g/mol. The molecule has 4 nitrogen and oxygen atoms in total. The van der Waals surface area contributed by atoms with Gasteiger partial charge in [-0.2, -0.15) is 0 Å². The van der Waals surface area contributed by atoms with E-state index in [1.165, 1.54) is 32.4 Å². The zero-order chi connectivity index (χ0) is 13.0. The Morgan fingerprint density at radius 1 is 1.44 bits per heavy atom. The average molecular weight is 253 g/mol. The van der Waals surface area contributed by atoms with Crippen LogP contribution in [0.1, 0.15) is 32.6 Å². The van der Waals surface area contributed by atoms with Crippen LogP contribution in [0.5, 0.6) is 0 Å². The van der Waals surface area contributed by atoms with Gasteiger partial charge < -0.3 is 15.5 Å². The van der Waals surface area contributed by atoms with E-state index >= 15 is 0 Å². The van der Waals surface area contributed by atoms with Crippen molar-refractivity contribution >= 4 is 5.91 Å². The highest BCUT2D eigenvalue weighted by molar-refractivity contribution is 5.82. The van der Waals surface area contributed by atoms with Crippen LogP contribution in [0.25, 0.3) is 0 Å². The van der Waals surface area contributed by atoms with Gasteiger partial charge in [-0.3, -0.25) is 4.79 Å². The fourth-order valence-electron chi connectivity index (χ4n) is 3.27. The van der Waals surface area contributed by atoms with Crippen LogP contribution in [0.4, 0.5) is 0 Å². The summed E-state index contributed by atoms with van der Waals surface area (Å²) in [5, 5.41) is 6.21. The van der Waals surface area contributed by atoms with Crippen molar-refractivity contribution in [2.24, 2.45) is 11.3 Å². The summed E-state index contributed by atoms with van der Waals surface area (Å²) in [6.07, 6.45) is 4.94. The molecule has 2 heterocycles. The molecule has 1 unspecified atom stereocenters. The molecule has 1 amide bonds. The number of nitrogens with one attached hydrogen (secondary N) is 2. The highest BCUT2D eigenvalue weighted by Crippen LogP contribution is 2.30. The van der Waals surface area contributed by atoms with Crippen molar-refractivity contribution in [2.45, 2.75) is 32.6 Å². The molecule has 0 saturated carbocycles. The molecule has 2 saturated heterocycles. The molecule has 0 aromatic rings. The second-order valence-electron chi connectivity index (χ2n) is 6.15. The average Bonchev–Trinajstić information content (AvgIpc) is 2.80. The first kappa shape index (κ1) is 13.8. The molecule has 2 fully saturated rings. The molecule has 0 bridgehead atoms. The molecule has 2 N–H and O–H groups in total. The van der Waals surface area contributed by atoms with E-state index in [-0.39, 0.29) is 11.3 Å². The number of carbonyl (C=O) groups is 1. The van der Waals surface area contributed by atoms with Crippen molar-refractivity contribution in [1.29, 1.82) is 0 Å². The van der Waals surface area contributed by atoms with Gasteiger partial charge in [0.1, 0.15) is 0 Å². The Hall–Kier alpha value is -0.610. The smallest absolute Gasteiger partial charge is 0.227 e. The van der Waals surface area contributed by atoms with E-state index in [1.807, 2.05) is 0 Å². The first-order valence-electron chi connectivity index (χ1n) is 7.29. The monoisotopic (exact) mass is 253 g/mol. The molecule has 2 aliphatic rings. The normalized spacial score (nSPS) is 30.6. The number of carbonyl (C=O) groups excluding carboxylic acids is 1. The van der Waals surface area contributed by atoms with Crippen LogP contribution >= 0.6 is 0 Å². The minimum atomic E-state index is -0.164. The fraction of sp³-hybridized carbons (Fsp3) is 0.929. The van der Waals surface area contributed by atoms with Gasteiger partial charge >= 0.3 is 0 Å². The summed E-state index contributed by atoms with van der Waals surface area (Å²) in [6.45, 7) is 7.63. The zero-order valence-corrected chi connectivity index (χ0v) is 11.8. The topological polar surface area (TPSA) is 44.4 Å². The summed E-state index contributed by atoms with van der Waals surface area (Å²) >= 11 is 0. The summed E-state index contributed by atoms with van der Waals surface area (Å²) in [7, 11) is 1.74. The maximum Gasteiger partial charge on any atom is 0.227 e. The highest BCUT2D eigenvalue weighted by atomic mass is 16.2. The third kappa shape index (κ3) is 3.23. The van der Waals surface area contributed by atoms with Gasteiger partial charge in [0.15, 0.2) is 0 Å². The predicted molar refractivity (Wildman–Crippen MR) is 73.4 cm³/mol. The summed E-state index contributed by atoms with van der Waals surface area (Å²) < 4.78 is 0. The Balaban J connectivity index is 1.73. The molecule has 0 aromatic carbocycles. The van der Waals surface area contributed by atoms with E-state index in [9.17, 15) is 4.79 Å². The number of hydrogen-bond donors (Lipinski definition) is 2. The summed E-state index contributed by atoms with van der Waals surface area (Å²) in [5.74, 6) is 1.09. The number of hydrogen-bond acceptors (Lipinski definition) is 3. The van der Waals surface area contributed by atoms with E-state index in [0.29, 0.717) is 0 Å². The zero-order valence-electron chi connectivity index (χ0n) is 11.8. The second kappa shape index (κ2) is 6.02. The largest absolute Gasteiger partial charge is 0.359 e. The minimum Gasteiger partial charge on any atom is -0.359 e. The van der Waals surface area contributed by atoms with Gasteiger partial charge in [-0.1, -0.05) is 0 Å². The molecule has 104 valence electrons. The van der Waals surface area contributed by atoms with Crippen LogP contribution in [0.2, 0.25) is 0 Å². The molecule has 0 aromatic heterocycles. The lowest BCUT2D eigenvalue weighted by atomic mass is 9.89. The standard InChI is InChI=1S/C14H27N3O/c1-14(13(18)15-2)6-10-17(11-14)9-5-12-3-7-16-8-4-12/h12,16H,3-11H2,1-2H3,(H,15,18). The number of likely N-dealkylation sites (tertiary alicyclic amines) is 1. The van der Waals surface area contributed by atoms with E-state index in [2.05, 4.69) is 22.5 Å².